The smallest absolute Gasteiger partial charge is 0.237 e. The molecule has 18 heavy (non-hydrogen) atoms. The van der Waals surface area contributed by atoms with Crippen molar-refractivity contribution in [3.05, 3.63) is 35.9 Å². The molecule has 3 N–H and O–H groups in total. The Morgan fingerprint density at radius 3 is 2.67 bits per heavy atom. The summed E-state index contributed by atoms with van der Waals surface area (Å²) >= 11 is 1.80. The number of nitrogens with two attached hydrogens (primary N) is 1. The van der Waals surface area contributed by atoms with E-state index in [0.29, 0.717) is 18.2 Å². The largest absolute Gasteiger partial charge is 0.355 e. The number of carbonyl (C=O) groups is 1. The molecule has 2 atom stereocenters. The van der Waals surface area contributed by atoms with Crippen molar-refractivity contribution in [1.29, 1.82) is 0 Å². The Morgan fingerprint density at radius 1 is 1.39 bits per heavy atom. The standard InChI is InChI=1S/C14H22N2OS/c1-11(18-2)8-9-16-14(17)13(15)10-12-6-4-3-5-7-12/h3-7,11,13H,8-10,15H2,1-2H3,(H,16,17)/t11?,13-/m1/s1. The highest BCUT2D eigenvalue weighted by atomic mass is 32.2. The maximum Gasteiger partial charge on any atom is 0.237 e. The summed E-state index contributed by atoms with van der Waals surface area (Å²) in [5, 5.41) is 3.46. The molecule has 1 aromatic carbocycles. The molecule has 100 valence electrons. The van der Waals surface area contributed by atoms with Crippen LogP contribution in [0.1, 0.15) is 18.9 Å². The molecular formula is C14H22N2OS. The predicted octanol–water partition coefficient (Wildman–Crippen LogP) is 1.81. The number of thioether (sulfide) groups is 1. The normalized spacial score (nSPS) is 13.9. The fraction of sp³-hybridized carbons (Fsp3) is 0.500. The number of benzene rings is 1. The van der Waals surface area contributed by atoms with E-state index >= 15 is 0 Å². The molecule has 0 aromatic heterocycles. The van der Waals surface area contributed by atoms with Gasteiger partial charge in [-0.25, -0.2) is 0 Å². The topological polar surface area (TPSA) is 55.1 Å². The lowest BCUT2D eigenvalue weighted by molar-refractivity contribution is -0.122. The first-order valence-electron chi connectivity index (χ1n) is 6.23. The van der Waals surface area contributed by atoms with E-state index in [2.05, 4.69) is 18.5 Å². The number of hydrogen-bond acceptors (Lipinski definition) is 3. The van der Waals surface area contributed by atoms with Gasteiger partial charge in [-0.1, -0.05) is 37.3 Å². The molecule has 1 rings (SSSR count). The maximum absolute atomic E-state index is 11.8. The lowest BCUT2D eigenvalue weighted by Gasteiger charge is -2.13. The summed E-state index contributed by atoms with van der Waals surface area (Å²) in [5.41, 5.74) is 6.98. The van der Waals surface area contributed by atoms with Crippen LogP contribution in [0.5, 0.6) is 0 Å². The number of hydrogen-bond donors (Lipinski definition) is 2. The highest BCUT2D eigenvalue weighted by Gasteiger charge is 2.13. The van der Waals surface area contributed by atoms with Gasteiger partial charge in [0.15, 0.2) is 0 Å². The number of carbonyl (C=O) groups excluding carboxylic acids is 1. The van der Waals surface area contributed by atoms with Gasteiger partial charge in [-0.05, 0) is 24.7 Å². The van der Waals surface area contributed by atoms with E-state index < -0.39 is 6.04 Å². The Labute approximate surface area is 114 Å². The van der Waals surface area contributed by atoms with E-state index in [1.807, 2.05) is 30.3 Å². The Morgan fingerprint density at radius 2 is 2.06 bits per heavy atom. The average Bonchev–Trinajstić information content (AvgIpc) is 2.39. The van der Waals surface area contributed by atoms with Crippen LogP contribution in [0.3, 0.4) is 0 Å². The van der Waals surface area contributed by atoms with Crippen LogP contribution in [0.15, 0.2) is 30.3 Å². The minimum atomic E-state index is -0.461. The zero-order valence-electron chi connectivity index (χ0n) is 11.1. The molecule has 0 fully saturated rings. The van der Waals surface area contributed by atoms with Crippen molar-refractivity contribution in [3.63, 3.8) is 0 Å². The summed E-state index contributed by atoms with van der Waals surface area (Å²) in [6.07, 6.45) is 3.64. The molecule has 0 spiro atoms. The summed E-state index contributed by atoms with van der Waals surface area (Å²) in [6, 6.07) is 9.39. The first-order valence-corrected chi connectivity index (χ1v) is 7.52. The molecule has 0 aliphatic heterocycles. The first-order chi connectivity index (χ1) is 8.63. The van der Waals surface area contributed by atoms with Crippen molar-refractivity contribution in [2.24, 2.45) is 5.73 Å². The summed E-state index contributed by atoms with van der Waals surface area (Å²) in [6.45, 7) is 2.85. The number of nitrogens with one attached hydrogen (secondary N) is 1. The molecule has 3 nitrogen and oxygen atoms in total. The third-order valence-electron chi connectivity index (χ3n) is 2.89. The van der Waals surface area contributed by atoms with Gasteiger partial charge in [0.05, 0.1) is 6.04 Å². The lowest BCUT2D eigenvalue weighted by atomic mass is 10.1. The molecule has 0 heterocycles. The first kappa shape index (κ1) is 15.1. The average molecular weight is 266 g/mol. The van der Waals surface area contributed by atoms with Crippen LogP contribution in [-0.2, 0) is 11.2 Å². The molecular weight excluding hydrogens is 244 g/mol. The quantitative estimate of drug-likeness (QED) is 0.791. The van der Waals surface area contributed by atoms with E-state index in [4.69, 9.17) is 5.73 Å². The van der Waals surface area contributed by atoms with Crippen LogP contribution in [-0.4, -0.2) is 30.0 Å². The fourth-order valence-corrected chi connectivity index (χ4v) is 1.96. The minimum absolute atomic E-state index is 0.0628. The summed E-state index contributed by atoms with van der Waals surface area (Å²) < 4.78 is 0. The van der Waals surface area contributed by atoms with Gasteiger partial charge in [-0.2, -0.15) is 11.8 Å². The van der Waals surface area contributed by atoms with Crippen LogP contribution in [0.25, 0.3) is 0 Å². The van der Waals surface area contributed by atoms with Crippen molar-refractivity contribution in [2.75, 3.05) is 12.8 Å². The molecule has 4 heteroatoms. The van der Waals surface area contributed by atoms with Crippen LogP contribution in [0.4, 0.5) is 0 Å². The molecule has 0 aliphatic rings. The highest BCUT2D eigenvalue weighted by molar-refractivity contribution is 7.99. The number of rotatable bonds is 7. The molecule has 1 aromatic rings. The molecule has 0 saturated carbocycles. The second-order valence-electron chi connectivity index (χ2n) is 4.42. The Kier molecular flexibility index (Phi) is 6.83. The van der Waals surface area contributed by atoms with Gasteiger partial charge in [-0.15, -0.1) is 0 Å². The van der Waals surface area contributed by atoms with E-state index in [1.165, 1.54) is 0 Å². The third-order valence-corrected chi connectivity index (χ3v) is 3.93. The summed E-state index contributed by atoms with van der Waals surface area (Å²) in [4.78, 5) is 11.8. The molecule has 0 saturated heterocycles. The van der Waals surface area contributed by atoms with E-state index in [-0.39, 0.29) is 5.91 Å². The van der Waals surface area contributed by atoms with Crippen LogP contribution in [0, 0.1) is 0 Å². The van der Waals surface area contributed by atoms with Gasteiger partial charge >= 0.3 is 0 Å². The van der Waals surface area contributed by atoms with Crippen LogP contribution >= 0.6 is 11.8 Å². The van der Waals surface area contributed by atoms with Crippen LogP contribution in [0.2, 0.25) is 0 Å². The van der Waals surface area contributed by atoms with E-state index in [1.54, 1.807) is 11.8 Å². The Bertz CT molecular complexity index is 356. The van der Waals surface area contributed by atoms with Gasteiger partial charge in [0.2, 0.25) is 5.91 Å². The second-order valence-corrected chi connectivity index (χ2v) is 5.70. The van der Waals surface area contributed by atoms with Crippen molar-refractivity contribution in [3.8, 4) is 0 Å². The molecule has 0 aliphatic carbocycles. The Balaban J connectivity index is 2.29. The minimum Gasteiger partial charge on any atom is -0.355 e. The third kappa shape index (κ3) is 5.56. The highest BCUT2D eigenvalue weighted by Crippen LogP contribution is 2.08. The van der Waals surface area contributed by atoms with Gasteiger partial charge in [-0.3, -0.25) is 4.79 Å². The van der Waals surface area contributed by atoms with Gasteiger partial charge in [0.25, 0.3) is 0 Å². The predicted molar refractivity (Wildman–Crippen MR) is 78.7 cm³/mol. The van der Waals surface area contributed by atoms with Crippen LogP contribution < -0.4 is 11.1 Å². The summed E-state index contributed by atoms with van der Waals surface area (Å²) in [7, 11) is 0. The SMILES string of the molecule is CSC(C)CCNC(=O)[C@H](N)Cc1ccccc1. The van der Waals surface area contributed by atoms with Crippen molar-refractivity contribution < 1.29 is 4.79 Å². The summed E-state index contributed by atoms with van der Waals surface area (Å²) in [5.74, 6) is -0.0628. The molecule has 0 radical (unpaired) electrons. The lowest BCUT2D eigenvalue weighted by Crippen LogP contribution is -2.42. The Hall–Kier alpha value is -1.00. The van der Waals surface area contributed by atoms with Crippen molar-refractivity contribution >= 4 is 17.7 Å². The van der Waals surface area contributed by atoms with Gasteiger partial charge < -0.3 is 11.1 Å². The molecule has 0 bridgehead atoms. The van der Waals surface area contributed by atoms with Gasteiger partial charge in [0, 0.05) is 11.8 Å². The van der Waals surface area contributed by atoms with Gasteiger partial charge in [0.1, 0.15) is 0 Å². The van der Waals surface area contributed by atoms with Crippen molar-refractivity contribution in [1.82, 2.24) is 5.32 Å². The zero-order valence-corrected chi connectivity index (χ0v) is 11.9. The van der Waals surface area contributed by atoms with E-state index in [0.717, 1.165) is 12.0 Å². The van der Waals surface area contributed by atoms with Crippen molar-refractivity contribution in [2.45, 2.75) is 31.1 Å². The monoisotopic (exact) mass is 266 g/mol. The molecule has 1 amide bonds. The maximum atomic E-state index is 11.8. The fourth-order valence-electron chi connectivity index (χ4n) is 1.61. The molecule has 1 unspecified atom stereocenters. The van der Waals surface area contributed by atoms with E-state index in [9.17, 15) is 4.79 Å². The number of amides is 1. The zero-order chi connectivity index (χ0) is 13.4. The second kappa shape index (κ2) is 8.16.